The second kappa shape index (κ2) is 5.71. The van der Waals surface area contributed by atoms with Crippen LogP contribution in [0.1, 0.15) is 36.1 Å². The number of hydrogen-bond donors (Lipinski definition) is 2. The Balaban J connectivity index is 1.93. The Kier molecular flexibility index (Phi) is 4.27. The molecule has 88 valence electrons. The minimum Gasteiger partial charge on any atom is -0.324 e. The van der Waals surface area contributed by atoms with Gasteiger partial charge in [0.25, 0.3) is 0 Å². The fourth-order valence-corrected chi connectivity index (χ4v) is 2.79. The molecule has 0 saturated heterocycles. The molecule has 2 nitrogen and oxygen atoms in total. The van der Waals surface area contributed by atoms with Gasteiger partial charge in [-0.1, -0.05) is 24.3 Å². The summed E-state index contributed by atoms with van der Waals surface area (Å²) < 4.78 is 0. The van der Waals surface area contributed by atoms with Crippen molar-refractivity contribution < 1.29 is 0 Å². The maximum Gasteiger partial charge on any atom is 0.0341 e. The van der Waals surface area contributed by atoms with E-state index >= 15 is 0 Å². The van der Waals surface area contributed by atoms with Crippen molar-refractivity contribution in [2.75, 3.05) is 18.6 Å². The van der Waals surface area contributed by atoms with Gasteiger partial charge in [0.05, 0.1) is 0 Å². The molecule has 1 aliphatic carbocycles. The number of rotatable bonds is 5. The van der Waals surface area contributed by atoms with Crippen LogP contribution in [0.3, 0.4) is 0 Å². The van der Waals surface area contributed by atoms with Crippen LogP contribution in [0.25, 0.3) is 0 Å². The van der Waals surface area contributed by atoms with Crippen molar-refractivity contribution in [2.24, 2.45) is 5.73 Å². The Morgan fingerprint density at radius 2 is 2.12 bits per heavy atom. The van der Waals surface area contributed by atoms with E-state index in [1.54, 1.807) is 0 Å². The van der Waals surface area contributed by atoms with Gasteiger partial charge in [-0.15, -0.1) is 0 Å². The molecule has 1 aromatic carbocycles. The first kappa shape index (κ1) is 12.0. The molecule has 3 heteroatoms. The highest BCUT2D eigenvalue weighted by Crippen LogP contribution is 2.36. The van der Waals surface area contributed by atoms with Crippen molar-refractivity contribution in [1.29, 1.82) is 0 Å². The van der Waals surface area contributed by atoms with E-state index in [9.17, 15) is 0 Å². The third-order valence-electron chi connectivity index (χ3n) is 3.18. The SMILES string of the molecule is CSCCCNC1CC(N)c2ccccc21. The maximum atomic E-state index is 6.12. The average molecular weight is 236 g/mol. The summed E-state index contributed by atoms with van der Waals surface area (Å²) in [7, 11) is 0. The number of thioether (sulfide) groups is 1. The van der Waals surface area contributed by atoms with E-state index < -0.39 is 0 Å². The zero-order chi connectivity index (χ0) is 11.4. The molecule has 1 aromatic rings. The second-order valence-electron chi connectivity index (χ2n) is 4.32. The highest BCUT2D eigenvalue weighted by atomic mass is 32.2. The molecule has 0 bridgehead atoms. The molecule has 0 radical (unpaired) electrons. The standard InChI is InChI=1S/C13H20N2S/c1-16-8-4-7-15-13-9-12(14)10-5-2-3-6-11(10)13/h2-3,5-6,12-13,15H,4,7-9,14H2,1H3. The summed E-state index contributed by atoms with van der Waals surface area (Å²) in [5.74, 6) is 1.23. The van der Waals surface area contributed by atoms with Gasteiger partial charge >= 0.3 is 0 Å². The van der Waals surface area contributed by atoms with E-state index in [2.05, 4.69) is 35.8 Å². The molecule has 3 N–H and O–H groups in total. The van der Waals surface area contributed by atoms with Crippen molar-refractivity contribution in [3.8, 4) is 0 Å². The van der Waals surface area contributed by atoms with Crippen LogP contribution in [0.4, 0.5) is 0 Å². The molecular formula is C13H20N2S. The third-order valence-corrected chi connectivity index (χ3v) is 3.87. The van der Waals surface area contributed by atoms with Gasteiger partial charge in [0.1, 0.15) is 0 Å². The van der Waals surface area contributed by atoms with E-state index in [1.807, 2.05) is 11.8 Å². The first-order valence-corrected chi connectivity index (χ1v) is 7.29. The summed E-state index contributed by atoms with van der Waals surface area (Å²) in [6, 6.07) is 9.22. The zero-order valence-corrected chi connectivity index (χ0v) is 10.6. The Morgan fingerprint density at radius 3 is 2.88 bits per heavy atom. The molecular weight excluding hydrogens is 216 g/mol. The summed E-state index contributed by atoms with van der Waals surface area (Å²) >= 11 is 1.91. The van der Waals surface area contributed by atoms with Gasteiger partial charge in [0, 0.05) is 12.1 Å². The summed E-state index contributed by atoms with van der Waals surface area (Å²) in [5.41, 5.74) is 8.85. The van der Waals surface area contributed by atoms with Crippen LogP contribution < -0.4 is 11.1 Å². The molecule has 0 aromatic heterocycles. The van der Waals surface area contributed by atoms with Crippen molar-refractivity contribution in [1.82, 2.24) is 5.32 Å². The number of nitrogens with two attached hydrogens (primary N) is 1. The molecule has 2 rings (SSSR count). The Labute approximate surface area is 102 Å². The predicted molar refractivity (Wildman–Crippen MR) is 71.7 cm³/mol. The molecule has 0 aliphatic heterocycles. The van der Waals surface area contributed by atoms with Crippen LogP contribution in [0.15, 0.2) is 24.3 Å². The van der Waals surface area contributed by atoms with Gasteiger partial charge in [-0.25, -0.2) is 0 Å². The monoisotopic (exact) mass is 236 g/mol. The summed E-state index contributed by atoms with van der Waals surface area (Å²) in [6.45, 7) is 1.09. The number of benzene rings is 1. The van der Waals surface area contributed by atoms with Crippen molar-refractivity contribution in [3.05, 3.63) is 35.4 Å². The fourth-order valence-electron chi connectivity index (χ4n) is 2.36. The summed E-state index contributed by atoms with van der Waals surface area (Å²) in [4.78, 5) is 0. The minimum atomic E-state index is 0.217. The number of nitrogens with one attached hydrogen (secondary N) is 1. The van der Waals surface area contributed by atoms with Crippen LogP contribution in [0.5, 0.6) is 0 Å². The second-order valence-corrected chi connectivity index (χ2v) is 5.31. The topological polar surface area (TPSA) is 38.0 Å². The van der Waals surface area contributed by atoms with E-state index in [1.165, 1.54) is 23.3 Å². The van der Waals surface area contributed by atoms with Crippen molar-refractivity contribution in [2.45, 2.75) is 24.9 Å². The van der Waals surface area contributed by atoms with E-state index in [0.29, 0.717) is 6.04 Å². The number of fused-ring (bicyclic) bond motifs is 1. The molecule has 0 amide bonds. The normalized spacial score (nSPS) is 23.4. The fraction of sp³-hybridized carbons (Fsp3) is 0.538. The highest BCUT2D eigenvalue weighted by molar-refractivity contribution is 7.98. The van der Waals surface area contributed by atoms with E-state index in [4.69, 9.17) is 5.73 Å². The molecule has 0 fully saturated rings. The van der Waals surface area contributed by atoms with Gasteiger partial charge in [-0.2, -0.15) is 11.8 Å². The van der Waals surface area contributed by atoms with Gasteiger partial charge in [0.15, 0.2) is 0 Å². The highest BCUT2D eigenvalue weighted by Gasteiger charge is 2.27. The van der Waals surface area contributed by atoms with Crippen LogP contribution in [0, 0.1) is 0 Å². The van der Waals surface area contributed by atoms with Crippen LogP contribution in [-0.4, -0.2) is 18.6 Å². The predicted octanol–water partition coefficient (Wildman–Crippen LogP) is 2.47. The van der Waals surface area contributed by atoms with Crippen LogP contribution >= 0.6 is 11.8 Å². The molecule has 0 saturated carbocycles. The minimum absolute atomic E-state index is 0.217. The molecule has 2 unspecified atom stereocenters. The molecule has 0 spiro atoms. The summed E-state index contributed by atoms with van der Waals surface area (Å²) in [5, 5.41) is 3.61. The molecule has 16 heavy (non-hydrogen) atoms. The quantitative estimate of drug-likeness (QED) is 0.771. The first-order valence-electron chi connectivity index (χ1n) is 5.89. The van der Waals surface area contributed by atoms with Crippen molar-refractivity contribution in [3.63, 3.8) is 0 Å². The summed E-state index contributed by atoms with van der Waals surface area (Å²) in [6.07, 6.45) is 4.43. The van der Waals surface area contributed by atoms with Gasteiger partial charge in [-0.3, -0.25) is 0 Å². The third kappa shape index (κ3) is 2.59. The van der Waals surface area contributed by atoms with Gasteiger partial charge in [-0.05, 0) is 42.5 Å². The van der Waals surface area contributed by atoms with Crippen LogP contribution in [0.2, 0.25) is 0 Å². The lowest BCUT2D eigenvalue weighted by Gasteiger charge is -2.13. The lowest BCUT2D eigenvalue weighted by molar-refractivity contribution is 0.500. The lowest BCUT2D eigenvalue weighted by atomic mass is 10.1. The van der Waals surface area contributed by atoms with Crippen LogP contribution in [-0.2, 0) is 0 Å². The Hall–Kier alpha value is -0.510. The van der Waals surface area contributed by atoms with Gasteiger partial charge < -0.3 is 11.1 Å². The Morgan fingerprint density at radius 1 is 1.38 bits per heavy atom. The van der Waals surface area contributed by atoms with E-state index in [0.717, 1.165) is 13.0 Å². The molecule has 1 aliphatic rings. The molecule has 0 heterocycles. The Bertz CT molecular complexity index is 340. The van der Waals surface area contributed by atoms with E-state index in [-0.39, 0.29) is 6.04 Å². The largest absolute Gasteiger partial charge is 0.324 e. The number of hydrogen-bond acceptors (Lipinski definition) is 3. The first-order chi connectivity index (χ1) is 7.83. The lowest BCUT2D eigenvalue weighted by Crippen LogP contribution is -2.21. The molecule has 2 atom stereocenters. The zero-order valence-electron chi connectivity index (χ0n) is 9.78. The van der Waals surface area contributed by atoms with Crippen molar-refractivity contribution >= 4 is 11.8 Å². The smallest absolute Gasteiger partial charge is 0.0341 e. The average Bonchev–Trinajstić information content (AvgIpc) is 2.63. The maximum absolute atomic E-state index is 6.12. The van der Waals surface area contributed by atoms with Gasteiger partial charge in [0.2, 0.25) is 0 Å².